The Bertz CT molecular complexity index is 883. The molecule has 6 nitrogen and oxygen atoms in total. The van der Waals surface area contributed by atoms with E-state index in [-0.39, 0.29) is 18.3 Å². The van der Waals surface area contributed by atoms with Crippen molar-refractivity contribution < 1.29 is 4.79 Å². The van der Waals surface area contributed by atoms with E-state index in [2.05, 4.69) is 16.0 Å². The van der Waals surface area contributed by atoms with Gasteiger partial charge in [-0.15, -0.1) is 0 Å². The van der Waals surface area contributed by atoms with Crippen molar-refractivity contribution in [2.24, 2.45) is 10.7 Å². The van der Waals surface area contributed by atoms with E-state index in [1.54, 1.807) is 19.3 Å². The highest BCUT2D eigenvalue weighted by atomic mass is 16.2. The molecule has 1 amide bonds. The van der Waals surface area contributed by atoms with Crippen molar-refractivity contribution in [1.82, 2.24) is 9.88 Å². The first-order valence-corrected chi connectivity index (χ1v) is 7.51. The lowest BCUT2D eigenvalue weighted by atomic mass is 9.86. The topological polar surface area (TPSA) is 95.4 Å². The molecule has 24 heavy (non-hydrogen) atoms. The minimum absolute atomic E-state index is 0.0662. The summed E-state index contributed by atoms with van der Waals surface area (Å²) in [6.07, 6.45) is 3.49. The summed E-state index contributed by atoms with van der Waals surface area (Å²) in [6.45, 7) is 1.90. The summed E-state index contributed by atoms with van der Waals surface area (Å²) in [7, 11) is 1.62. The number of rotatable bonds is 2. The standard InChI is InChI=1S/C18H17N5O/c1-18(8-16(24)23(2)17(20)22-18)15-5-3-4-13(7-15)14-6-12(9-19)10-21-11-14/h3-7,10-11H,8H2,1-2H3,(H2,20,22). The summed E-state index contributed by atoms with van der Waals surface area (Å²) in [5, 5.41) is 9.03. The third-order valence-electron chi connectivity index (χ3n) is 4.26. The quantitative estimate of drug-likeness (QED) is 0.916. The van der Waals surface area contributed by atoms with Gasteiger partial charge in [-0.3, -0.25) is 14.7 Å². The zero-order chi connectivity index (χ0) is 17.3. The lowest BCUT2D eigenvalue weighted by molar-refractivity contribution is -0.128. The van der Waals surface area contributed by atoms with Gasteiger partial charge in [0.05, 0.1) is 17.5 Å². The number of amides is 1. The number of benzene rings is 1. The van der Waals surface area contributed by atoms with Gasteiger partial charge >= 0.3 is 0 Å². The van der Waals surface area contributed by atoms with Crippen molar-refractivity contribution in [3.63, 3.8) is 0 Å². The molecule has 1 aromatic heterocycles. The second-order valence-corrected chi connectivity index (χ2v) is 6.03. The molecular formula is C18H17N5O. The van der Waals surface area contributed by atoms with Gasteiger partial charge in [-0.1, -0.05) is 18.2 Å². The number of nitrogens with two attached hydrogens (primary N) is 1. The number of carbonyl (C=O) groups excluding carboxylic acids is 1. The van der Waals surface area contributed by atoms with Crippen LogP contribution in [0.15, 0.2) is 47.7 Å². The van der Waals surface area contributed by atoms with Crippen LogP contribution >= 0.6 is 0 Å². The fourth-order valence-electron chi connectivity index (χ4n) is 2.77. The number of hydrogen-bond donors (Lipinski definition) is 1. The molecule has 2 heterocycles. The summed E-state index contributed by atoms with van der Waals surface area (Å²) in [5.74, 6) is 0.149. The van der Waals surface area contributed by atoms with Crippen LogP contribution < -0.4 is 5.73 Å². The molecule has 1 atom stereocenters. The third-order valence-corrected chi connectivity index (χ3v) is 4.26. The number of carbonyl (C=O) groups is 1. The molecule has 0 fully saturated rings. The molecule has 0 bridgehead atoms. The molecule has 2 aromatic rings. The molecule has 1 aromatic carbocycles. The SMILES string of the molecule is CN1C(=O)CC(C)(c2cccc(-c3cncc(C#N)c3)c2)N=C1N. The van der Waals surface area contributed by atoms with E-state index < -0.39 is 5.54 Å². The Labute approximate surface area is 140 Å². The summed E-state index contributed by atoms with van der Waals surface area (Å²) < 4.78 is 0. The van der Waals surface area contributed by atoms with Gasteiger partial charge in [-0.2, -0.15) is 5.26 Å². The first kappa shape index (κ1) is 15.7. The maximum atomic E-state index is 12.2. The maximum Gasteiger partial charge on any atom is 0.231 e. The Kier molecular flexibility index (Phi) is 3.78. The van der Waals surface area contributed by atoms with E-state index in [9.17, 15) is 4.79 Å². The fourth-order valence-corrected chi connectivity index (χ4v) is 2.77. The number of nitriles is 1. The van der Waals surface area contributed by atoms with Crippen molar-refractivity contribution in [2.45, 2.75) is 18.9 Å². The summed E-state index contributed by atoms with van der Waals surface area (Å²) in [5.41, 5.74) is 8.33. The van der Waals surface area contributed by atoms with Crippen molar-refractivity contribution in [1.29, 1.82) is 5.26 Å². The van der Waals surface area contributed by atoms with Crippen LogP contribution in [0.1, 0.15) is 24.5 Å². The lowest BCUT2D eigenvalue weighted by Gasteiger charge is -2.33. The zero-order valence-corrected chi connectivity index (χ0v) is 13.5. The highest BCUT2D eigenvalue weighted by molar-refractivity contribution is 5.98. The normalized spacial score (nSPS) is 20.5. The Morgan fingerprint density at radius 3 is 2.79 bits per heavy atom. The molecule has 0 saturated heterocycles. The van der Waals surface area contributed by atoms with Crippen molar-refractivity contribution in [3.05, 3.63) is 53.9 Å². The lowest BCUT2D eigenvalue weighted by Crippen LogP contribution is -2.47. The van der Waals surface area contributed by atoms with Crippen molar-refractivity contribution in [3.8, 4) is 17.2 Å². The first-order valence-electron chi connectivity index (χ1n) is 7.51. The molecule has 0 radical (unpaired) electrons. The summed E-state index contributed by atoms with van der Waals surface area (Å²) >= 11 is 0. The van der Waals surface area contributed by atoms with E-state index in [1.165, 1.54) is 11.1 Å². The van der Waals surface area contributed by atoms with E-state index in [4.69, 9.17) is 11.0 Å². The van der Waals surface area contributed by atoms with Gasteiger partial charge in [0.2, 0.25) is 5.91 Å². The number of nitrogens with zero attached hydrogens (tertiary/aromatic N) is 4. The number of hydrogen-bond acceptors (Lipinski definition) is 5. The van der Waals surface area contributed by atoms with Crippen LogP contribution in [0.3, 0.4) is 0 Å². The van der Waals surface area contributed by atoms with Gasteiger partial charge in [0.1, 0.15) is 6.07 Å². The molecular weight excluding hydrogens is 302 g/mol. The van der Waals surface area contributed by atoms with E-state index in [0.29, 0.717) is 5.56 Å². The monoisotopic (exact) mass is 319 g/mol. The maximum absolute atomic E-state index is 12.2. The molecule has 120 valence electrons. The predicted molar refractivity (Wildman–Crippen MR) is 90.7 cm³/mol. The molecule has 1 unspecified atom stereocenters. The van der Waals surface area contributed by atoms with Gasteiger partial charge in [0.25, 0.3) is 0 Å². The summed E-state index contributed by atoms with van der Waals surface area (Å²) in [6, 6.07) is 11.6. The molecule has 1 aliphatic rings. The Balaban J connectivity index is 2.05. The van der Waals surface area contributed by atoms with Crippen LogP contribution in [-0.4, -0.2) is 28.8 Å². The zero-order valence-electron chi connectivity index (χ0n) is 13.5. The average Bonchev–Trinajstić information content (AvgIpc) is 2.60. The van der Waals surface area contributed by atoms with Crippen molar-refractivity contribution in [2.75, 3.05) is 7.05 Å². The van der Waals surface area contributed by atoms with Gasteiger partial charge in [0.15, 0.2) is 5.96 Å². The summed E-state index contributed by atoms with van der Waals surface area (Å²) in [4.78, 5) is 22.1. The van der Waals surface area contributed by atoms with Gasteiger partial charge in [0, 0.05) is 25.0 Å². The van der Waals surface area contributed by atoms with E-state index in [1.807, 2.05) is 31.2 Å². The van der Waals surface area contributed by atoms with Crippen LogP contribution in [0.2, 0.25) is 0 Å². The molecule has 0 aliphatic carbocycles. The van der Waals surface area contributed by atoms with E-state index >= 15 is 0 Å². The Hall–Kier alpha value is -3.20. The Morgan fingerprint density at radius 2 is 2.08 bits per heavy atom. The minimum atomic E-state index is -0.704. The van der Waals surface area contributed by atoms with Gasteiger partial charge < -0.3 is 5.73 Å². The largest absolute Gasteiger partial charge is 0.369 e. The highest BCUT2D eigenvalue weighted by Crippen LogP contribution is 2.34. The Morgan fingerprint density at radius 1 is 1.29 bits per heavy atom. The second kappa shape index (κ2) is 5.78. The molecule has 1 aliphatic heterocycles. The molecule has 6 heteroatoms. The number of aliphatic imine (C=N–C) groups is 1. The van der Waals surface area contributed by atoms with Crippen LogP contribution in [0.4, 0.5) is 0 Å². The fraction of sp³-hybridized carbons (Fsp3) is 0.222. The van der Waals surface area contributed by atoms with Crippen LogP contribution in [-0.2, 0) is 10.3 Å². The minimum Gasteiger partial charge on any atom is -0.369 e. The predicted octanol–water partition coefficient (Wildman–Crippen LogP) is 2.01. The third kappa shape index (κ3) is 2.72. The van der Waals surface area contributed by atoms with Crippen LogP contribution in [0.5, 0.6) is 0 Å². The average molecular weight is 319 g/mol. The van der Waals surface area contributed by atoms with E-state index in [0.717, 1.165) is 16.7 Å². The second-order valence-electron chi connectivity index (χ2n) is 6.03. The van der Waals surface area contributed by atoms with Gasteiger partial charge in [-0.05, 0) is 30.2 Å². The van der Waals surface area contributed by atoms with Crippen molar-refractivity contribution >= 4 is 11.9 Å². The molecule has 3 rings (SSSR count). The highest BCUT2D eigenvalue weighted by Gasteiger charge is 2.36. The van der Waals surface area contributed by atoms with Crippen LogP contribution in [0.25, 0.3) is 11.1 Å². The molecule has 2 N–H and O–H groups in total. The number of aromatic nitrogens is 1. The van der Waals surface area contributed by atoms with Gasteiger partial charge in [-0.25, -0.2) is 4.99 Å². The molecule has 0 saturated carbocycles. The number of pyridine rings is 1. The smallest absolute Gasteiger partial charge is 0.231 e. The number of guanidine groups is 1. The molecule has 0 spiro atoms. The first-order chi connectivity index (χ1) is 11.4. The van der Waals surface area contributed by atoms with Crippen LogP contribution in [0, 0.1) is 11.3 Å².